The molecule has 29 heavy (non-hydrogen) atoms. The smallest absolute Gasteiger partial charge is 0.234 e. The summed E-state index contributed by atoms with van der Waals surface area (Å²) in [7, 11) is 0. The summed E-state index contributed by atoms with van der Waals surface area (Å²) < 4.78 is 8.72. The minimum absolute atomic E-state index is 0.126. The zero-order valence-electron chi connectivity index (χ0n) is 16.0. The third-order valence-corrected chi connectivity index (χ3v) is 5.83. The highest BCUT2D eigenvalue weighted by Crippen LogP contribution is 2.22. The Kier molecular flexibility index (Phi) is 7.57. The number of anilines is 1. The molecule has 9 heteroatoms. The van der Waals surface area contributed by atoms with E-state index >= 15 is 0 Å². The van der Waals surface area contributed by atoms with E-state index in [9.17, 15) is 4.79 Å². The van der Waals surface area contributed by atoms with E-state index in [-0.39, 0.29) is 11.7 Å². The molecule has 152 valence electrons. The van der Waals surface area contributed by atoms with Gasteiger partial charge in [-0.05, 0) is 55.8 Å². The summed E-state index contributed by atoms with van der Waals surface area (Å²) >= 11 is 10.7. The van der Waals surface area contributed by atoms with E-state index in [2.05, 4.69) is 31.4 Å². The monoisotopic (exact) mass is 494 g/mol. The summed E-state index contributed by atoms with van der Waals surface area (Å²) in [5, 5.41) is 12.6. The number of nitrogens with one attached hydrogen (secondary N) is 1. The molecular weight excluding hydrogens is 476 g/mol. The fourth-order valence-electron chi connectivity index (χ4n) is 2.57. The highest BCUT2D eigenvalue weighted by atomic mass is 79.9. The third-order valence-electron chi connectivity index (χ3n) is 4.10. The molecule has 0 aliphatic carbocycles. The van der Waals surface area contributed by atoms with Crippen molar-refractivity contribution in [1.29, 1.82) is 0 Å². The van der Waals surface area contributed by atoms with Crippen LogP contribution < -0.4 is 10.1 Å². The molecule has 0 spiro atoms. The van der Waals surface area contributed by atoms with Crippen LogP contribution in [-0.4, -0.2) is 26.4 Å². The Morgan fingerprint density at radius 3 is 2.72 bits per heavy atom. The summed E-state index contributed by atoms with van der Waals surface area (Å²) in [5.41, 5.74) is 1.67. The highest BCUT2D eigenvalue weighted by molar-refractivity contribution is 9.10. The fraction of sp³-hybridized carbons (Fsp3) is 0.250. The number of amides is 1. The van der Waals surface area contributed by atoms with Gasteiger partial charge in [-0.3, -0.25) is 4.79 Å². The largest absolute Gasteiger partial charge is 0.486 e. The molecule has 0 saturated heterocycles. The number of ether oxygens (including phenoxy) is 1. The Hall–Kier alpha value is -2.03. The lowest BCUT2D eigenvalue weighted by Crippen LogP contribution is -2.15. The zero-order chi connectivity index (χ0) is 20.8. The van der Waals surface area contributed by atoms with E-state index in [4.69, 9.17) is 16.3 Å². The molecule has 0 aliphatic heterocycles. The average molecular weight is 496 g/mol. The maximum Gasteiger partial charge on any atom is 0.234 e. The van der Waals surface area contributed by atoms with Gasteiger partial charge in [0.05, 0.1) is 5.75 Å². The van der Waals surface area contributed by atoms with Crippen molar-refractivity contribution in [2.75, 3.05) is 11.1 Å². The van der Waals surface area contributed by atoms with Crippen molar-refractivity contribution in [2.45, 2.75) is 32.2 Å². The van der Waals surface area contributed by atoms with Crippen molar-refractivity contribution in [3.05, 3.63) is 63.3 Å². The van der Waals surface area contributed by atoms with Crippen LogP contribution in [0.2, 0.25) is 5.02 Å². The Labute approximate surface area is 187 Å². The van der Waals surface area contributed by atoms with Crippen LogP contribution in [0.5, 0.6) is 5.75 Å². The second-order valence-electron chi connectivity index (χ2n) is 6.18. The molecule has 0 saturated carbocycles. The van der Waals surface area contributed by atoms with Gasteiger partial charge in [0.25, 0.3) is 0 Å². The van der Waals surface area contributed by atoms with E-state index in [1.54, 1.807) is 12.1 Å². The van der Waals surface area contributed by atoms with Crippen LogP contribution >= 0.6 is 39.3 Å². The Morgan fingerprint density at radius 1 is 1.24 bits per heavy atom. The van der Waals surface area contributed by atoms with Gasteiger partial charge in [0.1, 0.15) is 12.4 Å². The molecule has 0 unspecified atom stereocenters. The number of halogens is 2. The van der Waals surface area contributed by atoms with Crippen LogP contribution in [0.1, 0.15) is 18.3 Å². The second kappa shape index (κ2) is 10.1. The first kappa shape index (κ1) is 21.7. The summed E-state index contributed by atoms with van der Waals surface area (Å²) in [6.45, 7) is 4.91. The topological polar surface area (TPSA) is 69.0 Å². The minimum atomic E-state index is -0.126. The molecule has 0 atom stereocenters. The predicted octanol–water partition coefficient (Wildman–Crippen LogP) is 5.33. The summed E-state index contributed by atoms with van der Waals surface area (Å²) in [6.07, 6.45) is 0. The number of hydrogen-bond donors (Lipinski definition) is 1. The molecule has 1 aromatic heterocycles. The summed E-state index contributed by atoms with van der Waals surface area (Å²) in [6, 6.07) is 13.0. The van der Waals surface area contributed by atoms with Crippen molar-refractivity contribution in [2.24, 2.45) is 0 Å². The molecule has 0 aliphatic rings. The quantitative estimate of drug-likeness (QED) is 0.428. The molecule has 2 aromatic carbocycles. The van der Waals surface area contributed by atoms with Gasteiger partial charge in [-0.2, -0.15) is 0 Å². The second-order valence-corrected chi connectivity index (χ2v) is 8.48. The van der Waals surface area contributed by atoms with Gasteiger partial charge in [0, 0.05) is 21.7 Å². The van der Waals surface area contributed by atoms with E-state index < -0.39 is 0 Å². The Morgan fingerprint density at radius 2 is 2.00 bits per heavy atom. The van der Waals surface area contributed by atoms with Crippen LogP contribution in [0.25, 0.3) is 0 Å². The highest BCUT2D eigenvalue weighted by Gasteiger charge is 2.14. The first-order chi connectivity index (χ1) is 14.0. The number of carbonyl (C=O) groups is 1. The maximum atomic E-state index is 12.3. The number of aromatic nitrogens is 3. The van der Waals surface area contributed by atoms with Crippen LogP contribution in [0.4, 0.5) is 5.69 Å². The van der Waals surface area contributed by atoms with Gasteiger partial charge in [-0.1, -0.05) is 45.4 Å². The molecule has 0 radical (unpaired) electrons. The normalized spacial score (nSPS) is 10.8. The predicted molar refractivity (Wildman–Crippen MR) is 120 cm³/mol. The number of hydrogen-bond acceptors (Lipinski definition) is 5. The lowest BCUT2D eigenvalue weighted by atomic mass is 10.2. The summed E-state index contributed by atoms with van der Waals surface area (Å²) in [5.74, 6) is 1.56. The number of rotatable bonds is 8. The van der Waals surface area contributed by atoms with Crippen LogP contribution in [-0.2, 0) is 17.9 Å². The first-order valence-corrected chi connectivity index (χ1v) is 11.1. The molecule has 3 aromatic rings. The van der Waals surface area contributed by atoms with Gasteiger partial charge in [-0.25, -0.2) is 0 Å². The van der Waals surface area contributed by atoms with Crippen LogP contribution in [0.15, 0.2) is 52.1 Å². The SMILES string of the molecule is CCn1c(COc2ccc(Br)cc2)nnc1SCC(=O)Nc1cc(Cl)ccc1C. The molecule has 1 N–H and O–H groups in total. The third kappa shape index (κ3) is 5.98. The van der Waals surface area contributed by atoms with Gasteiger partial charge < -0.3 is 14.6 Å². The average Bonchev–Trinajstić information content (AvgIpc) is 3.10. The molecule has 6 nitrogen and oxygen atoms in total. The maximum absolute atomic E-state index is 12.3. The van der Waals surface area contributed by atoms with E-state index in [0.29, 0.717) is 34.8 Å². The van der Waals surface area contributed by atoms with Gasteiger partial charge >= 0.3 is 0 Å². The number of carbonyl (C=O) groups excluding carboxylic acids is 1. The lowest BCUT2D eigenvalue weighted by Gasteiger charge is -2.10. The molecule has 3 rings (SSSR count). The van der Waals surface area contributed by atoms with Crippen molar-refractivity contribution < 1.29 is 9.53 Å². The number of thioether (sulfide) groups is 1. The molecule has 0 fully saturated rings. The number of benzene rings is 2. The number of nitrogens with zero attached hydrogens (tertiary/aromatic N) is 3. The molecular formula is C20H20BrClN4O2S. The lowest BCUT2D eigenvalue weighted by molar-refractivity contribution is -0.113. The van der Waals surface area contributed by atoms with Gasteiger partial charge in [-0.15, -0.1) is 10.2 Å². The van der Waals surface area contributed by atoms with E-state index in [1.165, 1.54) is 11.8 Å². The van der Waals surface area contributed by atoms with E-state index in [0.717, 1.165) is 15.8 Å². The number of aryl methyl sites for hydroxylation is 1. The molecule has 0 bridgehead atoms. The first-order valence-electron chi connectivity index (χ1n) is 8.95. The Balaban J connectivity index is 1.58. The van der Waals surface area contributed by atoms with Crippen LogP contribution in [0.3, 0.4) is 0 Å². The van der Waals surface area contributed by atoms with Crippen molar-refractivity contribution in [1.82, 2.24) is 14.8 Å². The fourth-order valence-corrected chi connectivity index (χ4v) is 3.83. The van der Waals surface area contributed by atoms with Crippen LogP contribution in [0, 0.1) is 6.92 Å². The molecule has 1 heterocycles. The minimum Gasteiger partial charge on any atom is -0.486 e. The van der Waals surface area contributed by atoms with Crippen molar-refractivity contribution in [3.8, 4) is 5.75 Å². The Bertz CT molecular complexity index is 995. The zero-order valence-corrected chi connectivity index (χ0v) is 19.1. The standard InChI is InChI=1S/C20H20BrClN4O2S/c1-3-26-18(11-28-16-8-5-14(21)6-9-16)24-25-20(26)29-12-19(27)23-17-10-15(22)7-4-13(17)2/h4-10H,3,11-12H2,1-2H3,(H,23,27). The summed E-state index contributed by atoms with van der Waals surface area (Å²) in [4.78, 5) is 12.3. The van der Waals surface area contributed by atoms with Gasteiger partial charge in [0.15, 0.2) is 11.0 Å². The van der Waals surface area contributed by atoms with Crippen molar-refractivity contribution in [3.63, 3.8) is 0 Å². The van der Waals surface area contributed by atoms with Gasteiger partial charge in [0.2, 0.25) is 5.91 Å². The molecule has 1 amide bonds. The van der Waals surface area contributed by atoms with Crippen molar-refractivity contribution >= 4 is 50.9 Å². The van der Waals surface area contributed by atoms with E-state index in [1.807, 2.05) is 48.7 Å².